The van der Waals surface area contributed by atoms with Crippen LogP contribution in [0, 0.1) is 0 Å². The standard InChI is InChI=1S/C18H17BrN4/c1-2-23(14-8-4-3-5-9-14)18-20-13-12-17(22-18)21-16-11-7-6-10-15(16)19/h3-13H,2H2,1H3,(H,20,21,22). The zero-order valence-electron chi connectivity index (χ0n) is 12.8. The van der Waals surface area contributed by atoms with E-state index in [9.17, 15) is 0 Å². The Morgan fingerprint density at radius 2 is 1.74 bits per heavy atom. The van der Waals surface area contributed by atoms with Gasteiger partial charge in [0, 0.05) is 22.9 Å². The minimum Gasteiger partial charge on any atom is -0.339 e. The molecule has 1 aromatic heterocycles. The van der Waals surface area contributed by atoms with Crippen molar-refractivity contribution in [3.8, 4) is 0 Å². The lowest BCUT2D eigenvalue weighted by atomic mass is 10.3. The third kappa shape index (κ3) is 3.68. The summed E-state index contributed by atoms with van der Waals surface area (Å²) in [7, 11) is 0. The lowest BCUT2D eigenvalue weighted by molar-refractivity contribution is 0.948. The molecule has 0 saturated carbocycles. The Hall–Kier alpha value is -2.40. The van der Waals surface area contributed by atoms with Crippen molar-refractivity contribution in [2.24, 2.45) is 0 Å². The van der Waals surface area contributed by atoms with Crippen LogP contribution in [0.3, 0.4) is 0 Å². The van der Waals surface area contributed by atoms with Gasteiger partial charge in [-0.3, -0.25) is 0 Å². The topological polar surface area (TPSA) is 41.1 Å². The molecule has 1 heterocycles. The average molecular weight is 369 g/mol. The van der Waals surface area contributed by atoms with Gasteiger partial charge in [-0.05, 0) is 53.2 Å². The van der Waals surface area contributed by atoms with E-state index in [-0.39, 0.29) is 0 Å². The van der Waals surface area contributed by atoms with E-state index in [2.05, 4.69) is 55.2 Å². The maximum absolute atomic E-state index is 4.64. The van der Waals surface area contributed by atoms with Crippen LogP contribution >= 0.6 is 15.9 Å². The van der Waals surface area contributed by atoms with Crippen molar-refractivity contribution >= 4 is 39.1 Å². The highest BCUT2D eigenvalue weighted by Gasteiger charge is 2.10. The van der Waals surface area contributed by atoms with Gasteiger partial charge in [0.2, 0.25) is 5.95 Å². The second kappa shape index (κ2) is 7.24. The van der Waals surface area contributed by atoms with Gasteiger partial charge in [0.05, 0.1) is 5.69 Å². The minimum absolute atomic E-state index is 0.677. The Kier molecular flexibility index (Phi) is 4.88. The Balaban J connectivity index is 1.89. The second-order valence-corrected chi connectivity index (χ2v) is 5.78. The molecular weight excluding hydrogens is 352 g/mol. The van der Waals surface area contributed by atoms with Gasteiger partial charge in [0.1, 0.15) is 5.82 Å². The average Bonchev–Trinajstić information content (AvgIpc) is 2.59. The highest BCUT2D eigenvalue weighted by molar-refractivity contribution is 9.10. The first-order chi connectivity index (χ1) is 11.3. The molecular formula is C18H17BrN4. The van der Waals surface area contributed by atoms with Gasteiger partial charge in [0.15, 0.2) is 0 Å². The molecule has 3 rings (SSSR count). The van der Waals surface area contributed by atoms with Crippen LogP contribution in [0.2, 0.25) is 0 Å². The minimum atomic E-state index is 0.677. The van der Waals surface area contributed by atoms with Crippen molar-refractivity contribution in [3.63, 3.8) is 0 Å². The fourth-order valence-corrected chi connectivity index (χ4v) is 2.68. The van der Waals surface area contributed by atoms with Crippen molar-refractivity contribution < 1.29 is 0 Å². The number of hydrogen-bond acceptors (Lipinski definition) is 4. The number of halogens is 1. The van der Waals surface area contributed by atoms with Gasteiger partial charge in [-0.25, -0.2) is 4.98 Å². The van der Waals surface area contributed by atoms with Crippen molar-refractivity contribution in [3.05, 3.63) is 71.3 Å². The van der Waals surface area contributed by atoms with Crippen LogP contribution < -0.4 is 10.2 Å². The van der Waals surface area contributed by atoms with Crippen LogP contribution in [0.1, 0.15) is 6.92 Å². The monoisotopic (exact) mass is 368 g/mol. The third-order valence-electron chi connectivity index (χ3n) is 3.40. The van der Waals surface area contributed by atoms with Crippen LogP contribution in [0.15, 0.2) is 71.3 Å². The van der Waals surface area contributed by atoms with Gasteiger partial charge in [-0.2, -0.15) is 4.98 Å². The van der Waals surface area contributed by atoms with Gasteiger partial charge < -0.3 is 10.2 Å². The van der Waals surface area contributed by atoms with Gasteiger partial charge in [-0.15, -0.1) is 0 Å². The maximum atomic E-state index is 4.64. The number of hydrogen-bond donors (Lipinski definition) is 1. The molecule has 116 valence electrons. The number of nitrogens with one attached hydrogen (secondary N) is 1. The Morgan fingerprint density at radius 1 is 1.00 bits per heavy atom. The molecule has 0 bridgehead atoms. The lowest BCUT2D eigenvalue weighted by Crippen LogP contribution is -2.19. The Morgan fingerprint density at radius 3 is 2.48 bits per heavy atom. The van der Waals surface area contributed by atoms with Gasteiger partial charge in [0.25, 0.3) is 0 Å². The van der Waals surface area contributed by atoms with E-state index in [0.717, 1.165) is 28.2 Å². The van der Waals surface area contributed by atoms with Crippen LogP contribution in [-0.2, 0) is 0 Å². The summed E-state index contributed by atoms with van der Waals surface area (Å²) < 4.78 is 0.996. The molecule has 2 aromatic carbocycles. The second-order valence-electron chi connectivity index (χ2n) is 4.93. The third-order valence-corrected chi connectivity index (χ3v) is 4.10. The summed E-state index contributed by atoms with van der Waals surface area (Å²) in [4.78, 5) is 11.1. The number of nitrogens with zero attached hydrogens (tertiary/aromatic N) is 3. The Labute approximate surface area is 144 Å². The van der Waals surface area contributed by atoms with Crippen molar-refractivity contribution in [1.82, 2.24) is 9.97 Å². The lowest BCUT2D eigenvalue weighted by Gasteiger charge is -2.21. The molecule has 0 fully saturated rings. The first kappa shape index (κ1) is 15.5. The summed E-state index contributed by atoms with van der Waals surface area (Å²) in [6, 6.07) is 20.0. The molecule has 3 aromatic rings. The van der Waals surface area contributed by atoms with Crippen LogP contribution in [0.4, 0.5) is 23.1 Å². The van der Waals surface area contributed by atoms with Crippen molar-refractivity contribution in [2.75, 3.05) is 16.8 Å². The zero-order valence-corrected chi connectivity index (χ0v) is 14.4. The van der Waals surface area contributed by atoms with E-state index >= 15 is 0 Å². The molecule has 0 atom stereocenters. The summed E-state index contributed by atoms with van der Waals surface area (Å²) >= 11 is 3.54. The van der Waals surface area contributed by atoms with Crippen LogP contribution in [0.25, 0.3) is 0 Å². The molecule has 5 heteroatoms. The fraction of sp³-hybridized carbons (Fsp3) is 0.111. The van der Waals surface area contributed by atoms with E-state index in [1.54, 1.807) is 6.20 Å². The molecule has 23 heavy (non-hydrogen) atoms. The highest BCUT2D eigenvalue weighted by Crippen LogP contribution is 2.26. The predicted molar refractivity (Wildman–Crippen MR) is 98.6 cm³/mol. The zero-order chi connectivity index (χ0) is 16.1. The van der Waals surface area contributed by atoms with Crippen LogP contribution in [0.5, 0.6) is 0 Å². The van der Waals surface area contributed by atoms with Crippen molar-refractivity contribution in [2.45, 2.75) is 6.92 Å². The van der Waals surface area contributed by atoms with E-state index in [1.165, 1.54) is 0 Å². The first-order valence-corrected chi connectivity index (χ1v) is 8.24. The molecule has 0 aliphatic heterocycles. The number of benzene rings is 2. The van der Waals surface area contributed by atoms with E-state index in [0.29, 0.717) is 5.95 Å². The molecule has 0 radical (unpaired) electrons. The molecule has 0 aliphatic carbocycles. The number of para-hydroxylation sites is 2. The maximum Gasteiger partial charge on any atom is 0.231 e. The van der Waals surface area contributed by atoms with Crippen molar-refractivity contribution in [1.29, 1.82) is 0 Å². The first-order valence-electron chi connectivity index (χ1n) is 7.45. The molecule has 0 aliphatic rings. The normalized spacial score (nSPS) is 10.3. The van der Waals surface area contributed by atoms with Crippen LogP contribution in [-0.4, -0.2) is 16.5 Å². The Bertz CT molecular complexity index is 777. The SMILES string of the molecule is CCN(c1ccccc1)c1nccc(Nc2ccccc2Br)n1. The summed E-state index contributed by atoms with van der Waals surface area (Å²) in [5.74, 6) is 1.44. The quantitative estimate of drug-likeness (QED) is 0.676. The number of anilines is 4. The highest BCUT2D eigenvalue weighted by atomic mass is 79.9. The fourth-order valence-electron chi connectivity index (χ4n) is 2.30. The summed E-state index contributed by atoms with van der Waals surface area (Å²) in [5.41, 5.74) is 2.05. The number of aromatic nitrogens is 2. The van der Waals surface area contributed by atoms with E-state index in [1.807, 2.05) is 48.5 Å². The molecule has 0 saturated heterocycles. The van der Waals surface area contributed by atoms with E-state index in [4.69, 9.17) is 0 Å². The van der Waals surface area contributed by atoms with Gasteiger partial charge in [-0.1, -0.05) is 30.3 Å². The molecule has 4 nitrogen and oxygen atoms in total. The molecule has 0 amide bonds. The molecule has 1 N–H and O–H groups in total. The smallest absolute Gasteiger partial charge is 0.231 e. The largest absolute Gasteiger partial charge is 0.339 e. The summed E-state index contributed by atoms with van der Waals surface area (Å²) in [6.07, 6.45) is 1.77. The number of rotatable bonds is 5. The summed E-state index contributed by atoms with van der Waals surface area (Å²) in [6.45, 7) is 2.88. The predicted octanol–water partition coefficient (Wildman–Crippen LogP) is 5.14. The van der Waals surface area contributed by atoms with Gasteiger partial charge >= 0.3 is 0 Å². The van der Waals surface area contributed by atoms with E-state index < -0.39 is 0 Å². The molecule has 0 spiro atoms. The molecule has 0 unspecified atom stereocenters. The summed E-state index contributed by atoms with van der Waals surface area (Å²) in [5, 5.41) is 3.32.